The molecule has 6 heteroatoms. The van der Waals surface area contributed by atoms with Gasteiger partial charge in [0.2, 0.25) is 0 Å². The van der Waals surface area contributed by atoms with E-state index in [9.17, 15) is 9.18 Å². The fraction of sp³-hybridized carbons (Fsp3) is 0.278. The minimum atomic E-state index is -0.505. The zero-order chi connectivity index (χ0) is 16.9. The second-order valence-electron chi connectivity index (χ2n) is 5.62. The van der Waals surface area contributed by atoms with Gasteiger partial charge in [0, 0.05) is 17.6 Å². The Balaban J connectivity index is 1.63. The Bertz CT molecular complexity index is 733. The summed E-state index contributed by atoms with van der Waals surface area (Å²) in [6.45, 7) is 1.74. The van der Waals surface area contributed by atoms with Gasteiger partial charge in [-0.15, -0.1) is 0 Å². The maximum atomic E-state index is 13.7. The molecule has 126 valence electrons. The summed E-state index contributed by atoms with van der Waals surface area (Å²) in [7, 11) is 0. The molecule has 3 rings (SSSR count). The Morgan fingerprint density at radius 3 is 2.71 bits per heavy atom. The molecule has 2 aromatic carbocycles. The number of hydrogen-bond acceptors (Lipinski definition) is 3. The van der Waals surface area contributed by atoms with E-state index in [-0.39, 0.29) is 18.3 Å². The van der Waals surface area contributed by atoms with E-state index in [0.29, 0.717) is 4.47 Å². The average Bonchev–Trinajstić information content (AvgIpc) is 3.09. The van der Waals surface area contributed by atoms with Crippen LogP contribution in [-0.2, 0) is 4.79 Å². The number of halogens is 2. The molecule has 0 radical (unpaired) electrons. The first-order chi connectivity index (χ1) is 11.6. The van der Waals surface area contributed by atoms with E-state index in [1.807, 2.05) is 24.3 Å². The summed E-state index contributed by atoms with van der Waals surface area (Å²) in [5.41, 5.74) is 1.77. The van der Waals surface area contributed by atoms with Crippen LogP contribution in [0.1, 0.15) is 12.8 Å². The number of carbonyl (C=O) groups excluding carboxylic acids is 1. The fourth-order valence-corrected chi connectivity index (χ4v) is 3.07. The van der Waals surface area contributed by atoms with Crippen LogP contribution < -0.4 is 15.0 Å². The minimum Gasteiger partial charge on any atom is -0.481 e. The van der Waals surface area contributed by atoms with Crippen LogP contribution in [0.3, 0.4) is 0 Å². The number of rotatable bonds is 5. The SMILES string of the molecule is O=C(COc1ccc(Br)cc1F)Nc1ccccc1N1CCCC1. The number of nitrogens with zero attached hydrogens (tertiary/aromatic N) is 1. The van der Waals surface area contributed by atoms with Crippen LogP contribution in [-0.4, -0.2) is 25.6 Å². The van der Waals surface area contributed by atoms with Crippen molar-refractivity contribution >= 4 is 33.2 Å². The van der Waals surface area contributed by atoms with E-state index in [1.165, 1.54) is 12.1 Å². The van der Waals surface area contributed by atoms with Crippen molar-refractivity contribution in [1.82, 2.24) is 0 Å². The van der Waals surface area contributed by atoms with Crippen molar-refractivity contribution in [3.63, 3.8) is 0 Å². The highest BCUT2D eigenvalue weighted by Gasteiger charge is 2.16. The molecule has 1 aliphatic rings. The maximum absolute atomic E-state index is 13.7. The van der Waals surface area contributed by atoms with Crippen LogP contribution in [0.4, 0.5) is 15.8 Å². The molecule has 1 fully saturated rings. The summed E-state index contributed by atoms with van der Waals surface area (Å²) < 4.78 is 19.6. The first-order valence-corrected chi connectivity index (χ1v) is 8.64. The van der Waals surface area contributed by atoms with E-state index in [1.54, 1.807) is 6.07 Å². The Morgan fingerprint density at radius 2 is 1.96 bits per heavy atom. The van der Waals surface area contributed by atoms with Gasteiger partial charge in [-0.05, 0) is 43.2 Å². The quantitative estimate of drug-likeness (QED) is 0.828. The van der Waals surface area contributed by atoms with Crippen molar-refractivity contribution in [3.05, 3.63) is 52.8 Å². The number of para-hydroxylation sites is 2. The number of hydrogen-bond donors (Lipinski definition) is 1. The van der Waals surface area contributed by atoms with Gasteiger partial charge in [-0.3, -0.25) is 4.79 Å². The van der Waals surface area contributed by atoms with Gasteiger partial charge < -0.3 is 15.0 Å². The Kier molecular flexibility index (Phi) is 5.35. The Hall–Kier alpha value is -2.08. The third-order valence-corrected chi connectivity index (χ3v) is 4.37. The van der Waals surface area contributed by atoms with Crippen LogP contribution in [0.15, 0.2) is 46.9 Å². The number of amides is 1. The summed E-state index contributed by atoms with van der Waals surface area (Å²) in [4.78, 5) is 14.4. The molecule has 24 heavy (non-hydrogen) atoms. The lowest BCUT2D eigenvalue weighted by atomic mass is 10.2. The third kappa shape index (κ3) is 4.06. The largest absolute Gasteiger partial charge is 0.481 e. The first-order valence-electron chi connectivity index (χ1n) is 7.85. The van der Waals surface area contributed by atoms with Gasteiger partial charge in [0.05, 0.1) is 11.4 Å². The molecule has 0 spiro atoms. The van der Waals surface area contributed by atoms with Crippen LogP contribution in [0.2, 0.25) is 0 Å². The molecular weight excluding hydrogens is 375 g/mol. The van der Waals surface area contributed by atoms with Gasteiger partial charge in [0.15, 0.2) is 18.2 Å². The molecule has 1 N–H and O–H groups in total. The highest BCUT2D eigenvalue weighted by atomic mass is 79.9. The number of carbonyl (C=O) groups is 1. The lowest BCUT2D eigenvalue weighted by molar-refractivity contribution is -0.118. The van der Waals surface area contributed by atoms with Crippen molar-refractivity contribution < 1.29 is 13.9 Å². The summed E-state index contributed by atoms with van der Waals surface area (Å²) in [6.07, 6.45) is 2.32. The van der Waals surface area contributed by atoms with Crippen molar-refractivity contribution in [2.45, 2.75) is 12.8 Å². The molecule has 0 saturated carbocycles. The Labute approximate surface area is 148 Å². The van der Waals surface area contributed by atoms with Gasteiger partial charge in [-0.25, -0.2) is 4.39 Å². The minimum absolute atomic E-state index is 0.0566. The summed E-state index contributed by atoms with van der Waals surface area (Å²) in [6, 6.07) is 12.2. The average molecular weight is 393 g/mol. The van der Waals surface area contributed by atoms with Gasteiger partial charge >= 0.3 is 0 Å². The molecule has 1 aliphatic heterocycles. The normalized spacial score (nSPS) is 13.8. The second kappa shape index (κ2) is 7.66. The van der Waals surface area contributed by atoms with Gasteiger partial charge in [-0.1, -0.05) is 28.1 Å². The van der Waals surface area contributed by atoms with Gasteiger partial charge in [0.1, 0.15) is 0 Å². The fourth-order valence-electron chi connectivity index (χ4n) is 2.73. The number of anilines is 2. The summed E-state index contributed by atoms with van der Waals surface area (Å²) in [5.74, 6) is -0.764. The van der Waals surface area contributed by atoms with Gasteiger partial charge in [-0.2, -0.15) is 0 Å². The maximum Gasteiger partial charge on any atom is 0.262 e. The zero-order valence-electron chi connectivity index (χ0n) is 13.1. The van der Waals surface area contributed by atoms with Crippen molar-refractivity contribution in [2.75, 3.05) is 29.9 Å². The van der Waals surface area contributed by atoms with Crippen LogP contribution in [0.25, 0.3) is 0 Å². The standard InChI is InChI=1S/C18H18BrFN2O2/c19-13-7-8-17(14(20)11-13)24-12-18(23)21-15-5-1-2-6-16(15)22-9-3-4-10-22/h1-2,5-8,11H,3-4,9-10,12H2,(H,21,23). The van der Waals surface area contributed by atoms with E-state index < -0.39 is 5.82 Å². The molecule has 1 heterocycles. The molecule has 0 aromatic heterocycles. The van der Waals surface area contributed by atoms with E-state index in [4.69, 9.17) is 4.74 Å². The van der Waals surface area contributed by atoms with E-state index in [0.717, 1.165) is 37.3 Å². The number of ether oxygens (including phenoxy) is 1. The molecule has 1 amide bonds. The molecule has 0 unspecified atom stereocenters. The lowest BCUT2D eigenvalue weighted by Gasteiger charge is -2.21. The number of benzene rings is 2. The summed E-state index contributed by atoms with van der Waals surface area (Å²) in [5, 5.41) is 2.85. The highest BCUT2D eigenvalue weighted by Crippen LogP contribution is 2.28. The molecule has 0 aliphatic carbocycles. The zero-order valence-corrected chi connectivity index (χ0v) is 14.7. The van der Waals surface area contributed by atoms with Crippen LogP contribution >= 0.6 is 15.9 Å². The molecule has 4 nitrogen and oxygen atoms in total. The van der Waals surface area contributed by atoms with Crippen molar-refractivity contribution in [1.29, 1.82) is 0 Å². The Morgan fingerprint density at radius 1 is 1.21 bits per heavy atom. The van der Waals surface area contributed by atoms with Crippen molar-refractivity contribution in [3.8, 4) is 5.75 Å². The predicted molar refractivity (Wildman–Crippen MR) is 96.1 cm³/mol. The molecule has 1 saturated heterocycles. The van der Waals surface area contributed by atoms with Gasteiger partial charge in [0.25, 0.3) is 5.91 Å². The monoisotopic (exact) mass is 392 g/mol. The van der Waals surface area contributed by atoms with E-state index in [2.05, 4.69) is 26.1 Å². The highest BCUT2D eigenvalue weighted by molar-refractivity contribution is 9.10. The lowest BCUT2D eigenvalue weighted by Crippen LogP contribution is -2.24. The molecule has 2 aromatic rings. The first kappa shape index (κ1) is 16.8. The molecule has 0 atom stereocenters. The van der Waals surface area contributed by atoms with Crippen molar-refractivity contribution in [2.24, 2.45) is 0 Å². The summed E-state index contributed by atoms with van der Waals surface area (Å²) >= 11 is 3.18. The smallest absolute Gasteiger partial charge is 0.262 e. The number of nitrogens with one attached hydrogen (secondary N) is 1. The van der Waals surface area contributed by atoms with Crippen LogP contribution in [0, 0.1) is 5.82 Å². The van der Waals surface area contributed by atoms with E-state index >= 15 is 0 Å². The molecular formula is C18H18BrFN2O2. The second-order valence-corrected chi connectivity index (χ2v) is 6.54. The third-order valence-electron chi connectivity index (χ3n) is 3.88. The molecule has 0 bridgehead atoms. The topological polar surface area (TPSA) is 41.6 Å². The van der Waals surface area contributed by atoms with Crippen LogP contribution in [0.5, 0.6) is 5.75 Å². The predicted octanol–water partition coefficient (Wildman–Crippen LogP) is 4.21.